The molecule has 49 heavy (non-hydrogen) atoms. The molecular weight excluding hydrogens is 641 g/mol. The van der Waals surface area contributed by atoms with Crippen LogP contribution in [0.5, 0.6) is 5.75 Å². The summed E-state index contributed by atoms with van der Waals surface area (Å²) in [4.78, 5) is 45.6. The number of nitrogens with one attached hydrogen (secondary N) is 3. The van der Waals surface area contributed by atoms with E-state index in [2.05, 4.69) is 25.4 Å². The van der Waals surface area contributed by atoms with Gasteiger partial charge in [0.25, 0.3) is 0 Å². The second-order valence-electron chi connectivity index (χ2n) is 11.4. The van der Waals surface area contributed by atoms with Crippen molar-refractivity contribution >= 4 is 28.6 Å². The number of amides is 1. The van der Waals surface area contributed by atoms with Gasteiger partial charge in [0.15, 0.2) is 0 Å². The van der Waals surface area contributed by atoms with Gasteiger partial charge in [-0.05, 0) is 67.3 Å². The third-order valence-corrected chi connectivity index (χ3v) is 7.96. The highest BCUT2D eigenvalue weighted by molar-refractivity contribution is 5.91. The summed E-state index contributed by atoms with van der Waals surface area (Å²) in [5, 5.41) is 15.6. The van der Waals surface area contributed by atoms with Crippen LogP contribution in [-0.2, 0) is 20.8 Å². The molecule has 0 spiro atoms. The number of fused-ring (bicyclic) bond motifs is 1. The van der Waals surface area contributed by atoms with Crippen molar-refractivity contribution in [2.24, 2.45) is 0 Å². The summed E-state index contributed by atoms with van der Waals surface area (Å²) in [5.41, 5.74) is 5.74. The number of hydrogen-bond donors (Lipinski definition) is 4. The predicted octanol–water partition coefficient (Wildman–Crippen LogP) is 7.02. The molecule has 260 valence electrons. The third-order valence-electron chi connectivity index (χ3n) is 7.96. The van der Waals surface area contributed by atoms with E-state index in [9.17, 15) is 22.8 Å². The topological polar surface area (TPSA) is 155 Å². The van der Waals surface area contributed by atoms with Crippen molar-refractivity contribution in [1.29, 1.82) is 0 Å². The Morgan fingerprint density at radius 1 is 1.06 bits per heavy atom. The van der Waals surface area contributed by atoms with Crippen LogP contribution in [0.2, 0.25) is 0 Å². The number of imidazole rings is 1. The molecule has 0 aliphatic carbocycles. The van der Waals surface area contributed by atoms with Crippen LogP contribution in [-0.4, -0.2) is 60.8 Å². The number of aryl methyl sites for hydroxylation is 1. The van der Waals surface area contributed by atoms with Gasteiger partial charge < -0.3 is 25.1 Å². The maximum absolute atomic E-state index is 13.4. The number of benzene rings is 2. The van der Waals surface area contributed by atoms with Crippen molar-refractivity contribution in [2.75, 3.05) is 7.11 Å². The summed E-state index contributed by atoms with van der Waals surface area (Å²) in [7, 11) is 1.64. The van der Waals surface area contributed by atoms with E-state index in [1.807, 2.05) is 79.5 Å². The normalized spacial score (nSPS) is 11.9. The number of ketones is 1. The number of aliphatic carboxylic acids is 1. The first-order valence-corrected chi connectivity index (χ1v) is 15.8. The lowest BCUT2D eigenvalue weighted by molar-refractivity contribution is -0.192. The summed E-state index contributed by atoms with van der Waals surface area (Å²) >= 11 is 0. The lowest BCUT2D eigenvalue weighted by atomic mass is 10.0. The zero-order valence-corrected chi connectivity index (χ0v) is 27.4. The zero-order valence-electron chi connectivity index (χ0n) is 27.4. The molecular formula is C35H39F3N6O5. The molecule has 4 N–H and O–H groups in total. The van der Waals surface area contributed by atoms with Gasteiger partial charge in [-0.25, -0.2) is 14.5 Å². The first kappa shape index (κ1) is 36.4. The summed E-state index contributed by atoms with van der Waals surface area (Å²) in [5.74, 6) is -1.07. The first-order chi connectivity index (χ1) is 23.4. The van der Waals surface area contributed by atoms with Crippen molar-refractivity contribution in [2.45, 2.75) is 71.0 Å². The van der Waals surface area contributed by atoms with Crippen LogP contribution in [0, 0.1) is 6.92 Å². The van der Waals surface area contributed by atoms with Crippen LogP contribution in [0.15, 0.2) is 67.1 Å². The number of Topliss-reactive ketones (excluding diaryl/α,β-unsaturated/α-hetero) is 1. The number of nitrogens with zero attached hydrogens (tertiary/aromatic N) is 3. The molecule has 0 bridgehead atoms. The summed E-state index contributed by atoms with van der Waals surface area (Å²) < 4.78 is 39.0. The number of rotatable bonds is 14. The third kappa shape index (κ3) is 10.0. The predicted molar refractivity (Wildman–Crippen MR) is 177 cm³/mol. The lowest BCUT2D eigenvalue weighted by Gasteiger charge is -2.17. The number of carboxylic acids is 1. The van der Waals surface area contributed by atoms with E-state index < -0.39 is 12.1 Å². The van der Waals surface area contributed by atoms with Gasteiger partial charge in [-0.1, -0.05) is 31.9 Å². The van der Waals surface area contributed by atoms with Crippen molar-refractivity contribution in [3.05, 3.63) is 84.2 Å². The largest absolute Gasteiger partial charge is 0.497 e. The number of carboxylic acid groups (broad SMARTS) is 1. The number of unbranched alkanes of at least 4 members (excludes halogenated alkanes) is 2. The molecule has 0 aliphatic heterocycles. The Morgan fingerprint density at radius 3 is 2.43 bits per heavy atom. The van der Waals surface area contributed by atoms with Gasteiger partial charge in [-0.2, -0.15) is 18.3 Å². The fourth-order valence-corrected chi connectivity index (χ4v) is 5.30. The number of carbonyl (C=O) groups is 3. The Labute approximate surface area is 280 Å². The Bertz CT molecular complexity index is 1850. The van der Waals surface area contributed by atoms with Gasteiger partial charge in [0.1, 0.15) is 17.4 Å². The lowest BCUT2D eigenvalue weighted by Crippen LogP contribution is -2.30. The van der Waals surface area contributed by atoms with Crippen LogP contribution in [0.3, 0.4) is 0 Å². The Hall–Kier alpha value is -5.40. The Kier molecular flexibility index (Phi) is 12.4. The molecule has 11 nitrogen and oxygen atoms in total. The molecule has 0 unspecified atom stereocenters. The fraction of sp³-hybridized carbons (Fsp3) is 0.343. The molecule has 1 atom stereocenters. The number of aromatic amines is 2. The Morgan fingerprint density at radius 2 is 1.80 bits per heavy atom. The van der Waals surface area contributed by atoms with Crippen molar-refractivity contribution in [3.8, 4) is 22.7 Å². The molecule has 5 aromatic rings. The molecule has 0 aliphatic rings. The standard InChI is InChI=1S/C33H38N6O3.C2HF3O2/c1-4-25(40)9-6-5-7-10-30(37-32(41)20-27-22(2)36-29-16-15-26(42-3)19-28(27)29)33-34-21-31(38-33)23-11-13-24(14-12-23)39-18-8-17-35-39;3-2(4,5)1(6)7/h8,11-19,21,30,36H,4-7,9-10,20H2,1-3H3,(H,34,38)(H,37,41);(H,6,7)/t30-;/m0./s1. The van der Waals surface area contributed by atoms with Gasteiger partial charge in [-0.15, -0.1) is 0 Å². The smallest absolute Gasteiger partial charge is 0.490 e. The van der Waals surface area contributed by atoms with Crippen molar-refractivity contribution in [3.63, 3.8) is 0 Å². The molecule has 3 aromatic heterocycles. The molecule has 5 rings (SSSR count). The van der Waals surface area contributed by atoms with Crippen molar-refractivity contribution < 1.29 is 37.4 Å². The van der Waals surface area contributed by atoms with Crippen LogP contribution in [0.1, 0.15) is 68.6 Å². The van der Waals surface area contributed by atoms with Crippen molar-refractivity contribution in [1.82, 2.24) is 30.0 Å². The van der Waals surface area contributed by atoms with E-state index in [-0.39, 0.29) is 18.4 Å². The molecule has 0 radical (unpaired) electrons. The highest BCUT2D eigenvalue weighted by Gasteiger charge is 2.38. The maximum Gasteiger partial charge on any atom is 0.490 e. The monoisotopic (exact) mass is 680 g/mol. The highest BCUT2D eigenvalue weighted by atomic mass is 19.4. The molecule has 14 heteroatoms. The average molecular weight is 681 g/mol. The second-order valence-corrected chi connectivity index (χ2v) is 11.4. The van der Waals surface area contributed by atoms with Crippen LogP contribution in [0.25, 0.3) is 27.8 Å². The van der Waals surface area contributed by atoms with Gasteiger partial charge >= 0.3 is 12.1 Å². The summed E-state index contributed by atoms with van der Waals surface area (Å²) in [6, 6.07) is 15.5. The van der Waals surface area contributed by atoms with Crippen LogP contribution >= 0.6 is 0 Å². The minimum Gasteiger partial charge on any atom is -0.497 e. The molecule has 1 amide bonds. The number of ether oxygens (including phenoxy) is 1. The van der Waals surface area contributed by atoms with E-state index in [4.69, 9.17) is 14.6 Å². The Balaban J connectivity index is 0.000000698. The fourth-order valence-electron chi connectivity index (χ4n) is 5.30. The number of methoxy groups -OCH3 is 1. The van der Waals surface area contributed by atoms with Gasteiger partial charge in [0.2, 0.25) is 5.91 Å². The number of carbonyl (C=O) groups excluding carboxylic acids is 2. The summed E-state index contributed by atoms with van der Waals surface area (Å²) in [6.07, 6.45) is 5.18. The number of halogens is 3. The van der Waals surface area contributed by atoms with Crippen LogP contribution in [0.4, 0.5) is 13.2 Å². The van der Waals surface area contributed by atoms with Gasteiger partial charge in [-0.3, -0.25) is 9.59 Å². The SMILES string of the molecule is CCC(=O)CCCCC[C@H](NC(=O)Cc1c(C)[nH]c2ccc(OC)cc12)c1ncc(-c2ccc(-n3cccn3)cc2)[nH]1.O=C(O)C(F)(F)F. The summed E-state index contributed by atoms with van der Waals surface area (Å²) in [6.45, 7) is 3.89. The number of aromatic nitrogens is 5. The minimum absolute atomic E-state index is 0.0745. The van der Waals surface area contributed by atoms with E-state index in [0.717, 1.165) is 76.4 Å². The molecule has 0 saturated heterocycles. The van der Waals surface area contributed by atoms with Gasteiger partial charge in [0.05, 0.1) is 37.2 Å². The molecule has 0 saturated carbocycles. The van der Waals surface area contributed by atoms with E-state index in [0.29, 0.717) is 18.6 Å². The van der Waals surface area contributed by atoms with E-state index in [1.165, 1.54) is 0 Å². The number of hydrogen-bond acceptors (Lipinski definition) is 6. The quantitative estimate of drug-likeness (QED) is 0.0919. The molecule has 0 fully saturated rings. The van der Waals surface area contributed by atoms with Crippen LogP contribution < -0.4 is 10.1 Å². The zero-order chi connectivity index (χ0) is 35.6. The average Bonchev–Trinajstić information content (AvgIpc) is 3.85. The van der Waals surface area contributed by atoms with E-state index >= 15 is 0 Å². The number of H-pyrrole nitrogens is 2. The van der Waals surface area contributed by atoms with Gasteiger partial charge in [0, 0.05) is 41.8 Å². The first-order valence-electron chi connectivity index (χ1n) is 15.8. The maximum atomic E-state index is 13.4. The molecule has 2 aromatic carbocycles. The second kappa shape index (κ2) is 16.6. The highest BCUT2D eigenvalue weighted by Crippen LogP contribution is 2.28. The van der Waals surface area contributed by atoms with E-state index in [1.54, 1.807) is 13.3 Å². The minimum atomic E-state index is -5.08. The molecule has 3 heterocycles. The number of alkyl halides is 3.